The highest BCUT2D eigenvalue weighted by atomic mass is 35.5. The molecule has 0 saturated carbocycles. The smallest absolute Gasteiger partial charge is 0.131 e. The van der Waals surface area contributed by atoms with Crippen LogP contribution in [-0.2, 0) is 13.6 Å². The molecule has 1 aromatic rings. The van der Waals surface area contributed by atoms with Crippen molar-refractivity contribution in [2.24, 2.45) is 13.0 Å². The zero-order valence-electron chi connectivity index (χ0n) is 10.4. The number of aromatic nitrogens is 2. The molecular weight excluding hydrogens is 257 g/mol. The second kappa shape index (κ2) is 5.59. The van der Waals surface area contributed by atoms with E-state index in [-0.39, 0.29) is 0 Å². The fraction of sp³-hybridized carbons (Fsp3) is 0.750. The molecule has 17 heavy (non-hydrogen) atoms. The van der Waals surface area contributed by atoms with Crippen molar-refractivity contribution >= 4 is 23.2 Å². The van der Waals surface area contributed by atoms with Gasteiger partial charge in [0.05, 0.1) is 5.69 Å². The molecule has 1 aliphatic rings. The van der Waals surface area contributed by atoms with Crippen LogP contribution in [0.3, 0.4) is 0 Å². The first kappa shape index (κ1) is 13.2. The lowest BCUT2D eigenvalue weighted by Crippen LogP contribution is -2.20. The van der Waals surface area contributed by atoms with E-state index in [1.54, 1.807) is 4.68 Å². The van der Waals surface area contributed by atoms with Crippen LogP contribution in [0, 0.1) is 12.8 Å². The summed E-state index contributed by atoms with van der Waals surface area (Å²) in [6, 6.07) is 0. The van der Waals surface area contributed by atoms with Gasteiger partial charge in [-0.2, -0.15) is 5.10 Å². The molecule has 0 spiro atoms. The number of likely N-dealkylation sites (tertiary alicyclic amines) is 1. The first-order chi connectivity index (χ1) is 8.11. The van der Waals surface area contributed by atoms with Crippen LogP contribution >= 0.6 is 23.2 Å². The molecule has 0 aliphatic carbocycles. The van der Waals surface area contributed by atoms with E-state index in [0.29, 0.717) is 0 Å². The number of nitrogens with zero attached hydrogens (tertiary/aromatic N) is 3. The highest BCUT2D eigenvalue weighted by molar-refractivity contribution is 6.30. The Kier molecular flexibility index (Phi) is 4.34. The zero-order valence-corrected chi connectivity index (χ0v) is 11.9. The SMILES string of the molecule is Cc1nn(C)c(Cl)c1CN1CCC(CCCl)C1. The topological polar surface area (TPSA) is 21.1 Å². The number of alkyl halides is 1. The van der Waals surface area contributed by atoms with Gasteiger partial charge in [-0.3, -0.25) is 9.58 Å². The molecule has 0 bridgehead atoms. The molecule has 5 heteroatoms. The second-order valence-corrected chi connectivity index (χ2v) is 5.58. The van der Waals surface area contributed by atoms with E-state index in [1.165, 1.54) is 12.0 Å². The van der Waals surface area contributed by atoms with E-state index in [9.17, 15) is 0 Å². The molecule has 1 atom stereocenters. The molecular formula is C12H19Cl2N3. The van der Waals surface area contributed by atoms with Crippen LogP contribution in [0.25, 0.3) is 0 Å². The lowest BCUT2D eigenvalue weighted by molar-refractivity contribution is 0.315. The Morgan fingerprint density at radius 3 is 2.82 bits per heavy atom. The minimum absolute atomic E-state index is 0.753. The maximum Gasteiger partial charge on any atom is 0.131 e. The Labute approximate surface area is 113 Å². The standard InChI is InChI=1S/C12H19Cl2N3/c1-9-11(12(14)16(2)15-9)8-17-6-4-10(7-17)3-5-13/h10H,3-8H2,1-2H3. The molecule has 0 aromatic carbocycles. The van der Waals surface area contributed by atoms with Gasteiger partial charge in [0, 0.05) is 31.6 Å². The van der Waals surface area contributed by atoms with Crippen molar-refractivity contribution < 1.29 is 0 Å². The Hall–Kier alpha value is -0.250. The molecule has 0 radical (unpaired) electrons. The van der Waals surface area contributed by atoms with Gasteiger partial charge in [0.1, 0.15) is 5.15 Å². The van der Waals surface area contributed by atoms with E-state index in [0.717, 1.165) is 48.7 Å². The van der Waals surface area contributed by atoms with Gasteiger partial charge in [-0.25, -0.2) is 0 Å². The van der Waals surface area contributed by atoms with Crippen LogP contribution in [0.1, 0.15) is 24.1 Å². The predicted octanol–water partition coefficient (Wildman–Crippen LogP) is 2.83. The summed E-state index contributed by atoms with van der Waals surface area (Å²) in [5.74, 6) is 1.52. The maximum atomic E-state index is 6.24. The fourth-order valence-electron chi connectivity index (χ4n) is 2.52. The van der Waals surface area contributed by atoms with Crippen molar-refractivity contribution in [3.63, 3.8) is 0 Å². The van der Waals surface area contributed by atoms with Crippen LogP contribution in [-0.4, -0.2) is 33.6 Å². The van der Waals surface area contributed by atoms with Crippen molar-refractivity contribution in [2.75, 3.05) is 19.0 Å². The summed E-state index contributed by atoms with van der Waals surface area (Å²) >= 11 is 12.0. The first-order valence-corrected chi connectivity index (χ1v) is 6.99. The summed E-state index contributed by atoms with van der Waals surface area (Å²) in [7, 11) is 1.89. The van der Waals surface area contributed by atoms with Gasteiger partial charge in [-0.15, -0.1) is 11.6 Å². The van der Waals surface area contributed by atoms with Crippen LogP contribution in [0.5, 0.6) is 0 Å². The fourth-order valence-corrected chi connectivity index (χ4v) is 3.07. The van der Waals surface area contributed by atoms with Gasteiger partial charge in [0.15, 0.2) is 0 Å². The summed E-state index contributed by atoms with van der Waals surface area (Å²) in [6.07, 6.45) is 2.38. The highest BCUT2D eigenvalue weighted by Crippen LogP contribution is 2.25. The minimum Gasteiger partial charge on any atom is -0.299 e. The molecule has 1 aliphatic heterocycles. The lowest BCUT2D eigenvalue weighted by atomic mass is 10.1. The van der Waals surface area contributed by atoms with Crippen LogP contribution in [0.15, 0.2) is 0 Å². The van der Waals surface area contributed by atoms with E-state index >= 15 is 0 Å². The van der Waals surface area contributed by atoms with Crippen LogP contribution < -0.4 is 0 Å². The third-order valence-electron chi connectivity index (χ3n) is 3.54. The molecule has 1 unspecified atom stereocenters. The molecule has 1 saturated heterocycles. The third-order valence-corrected chi connectivity index (χ3v) is 4.23. The van der Waals surface area contributed by atoms with Crippen LogP contribution in [0.2, 0.25) is 5.15 Å². The minimum atomic E-state index is 0.753. The van der Waals surface area contributed by atoms with Gasteiger partial charge in [0.25, 0.3) is 0 Å². The lowest BCUT2D eigenvalue weighted by Gasteiger charge is -2.15. The van der Waals surface area contributed by atoms with Gasteiger partial charge in [-0.05, 0) is 32.2 Å². The average molecular weight is 276 g/mol. The van der Waals surface area contributed by atoms with Crippen molar-refractivity contribution in [3.05, 3.63) is 16.4 Å². The molecule has 2 heterocycles. The molecule has 0 amide bonds. The van der Waals surface area contributed by atoms with Gasteiger partial charge >= 0.3 is 0 Å². The Bertz CT molecular complexity index is 389. The molecule has 0 N–H and O–H groups in total. The second-order valence-electron chi connectivity index (χ2n) is 4.85. The summed E-state index contributed by atoms with van der Waals surface area (Å²) in [6.45, 7) is 5.22. The van der Waals surface area contributed by atoms with Gasteiger partial charge < -0.3 is 0 Å². The summed E-state index contributed by atoms with van der Waals surface area (Å²) in [4.78, 5) is 2.45. The number of hydrogen-bond acceptors (Lipinski definition) is 2. The Balaban J connectivity index is 1.98. The first-order valence-electron chi connectivity index (χ1n) is 6.08. The predicted molar refractivity (Wildman–Crippen MR) is 71.7 cm³/mol. The number of hydrogen-bond donors (Lipinski definition) is 0. The Morgan fingerprint density at radius 2 is 2.24 bits per heavy atom. The van der Waals surface area contributed by atoms with Crippen LogP contribution in [0.4, 0.5) is 0 Å². The number of rotatable bonds is 4. The number of halogens is 2. The Morgan fingerprint density at radius 1 is 1.47 bits per heavy atom. The number of aryl methyl sites for hydroxylation is 2. The van der Waals surface area contributed by atoms with Gasteiger partial charge in [0.2, 0.25) is 0 Å². The molecule has 1 fully saturated rings. The molecule has 2 rings (SSSR count). The van der Waals surface area contributed by atoms with E-state index in [2.05, 4.69) is 10.00 Å². The summed E-state index contributed by atoms with van der Waals surface area (Å²) in [5, 5.41) is 5.11. The maximum absolute atomic E-state index is 6.24. The van der Waals surface area contributed by atoms with E-state index in [4.69, 9.17) is 23.2 Å². The molecule has 96 valence electrons. The summed E-state index contributed by atoms with van der Waals surface area (Å²) < 4.78 is 1.75. The summed E-state index contributed by atoms with van der Waals surface area (Å²) in [5.41, 5.74) is 2.21. The van der Waals surface area contributed by atoms with E-state index < -0.39 is 0 Å². The average Bonchev–Trinajstić information content (AvgIpc) is 2.81. The quantitative estimate of drug-likeness (QED) is 0.788. The zero-order chi connectivity index (χ0) is 12.4. The monoisotopic (exact) mass is 275 g/mol. The van der Waals surface area contributed by atoms with Crippen molar-refractivity contribution in [1.29, 1.82) is 0 Å². The molecule has 3 nitrogen and oxygen atoms in total. The third kappa shape index (κ3) is 2.95. The van der Waals surface area contributed by atoms with Crippen molar-refractivity contribution in [1.82, 2.24) is 14.7 Å². The van der Waals surface area contributed by atoms with Crippen molar-refractivity contribution in [2.45, 2.75) is 26.3 Å². The normalized spacial score (nSPS) is 21.3. The highest BCUT2D eigenvalue weighted by Gasteiger charge is 2.24. The van der Waals surface area contributed by atoms with Gasteiger partial charge in [-0.1, -0.05) is 11.6 Å². The van der Waals surface area contributed by atoms with E-state index in [1.807, 2.05) is 14.0 Å². The van der Waals surface area contributed by atoms with Crippen molar-refractivity contribution in [3.8, 4) is 0 Å². The largest absolute Gasteiger partial charge is 0.299 e. The molecule has 1 aromatic heterocycles.